The van der Waals surface area contributed by atoms with E-state index in [1.165, 1.54) is 6.20 Å². The van der Waals surface area contributed by atoms with E-state index < -0.39 is 12.3 Å². The molecule has 1 aromatic carbocycles. The number of rotatable bonds is 5. The van der Waals surface area contributed by atoms with Gasteiger partial charge in [-0.15, -0.1) is 10.2 Å². The number of hydrogen-bond donors (Lipinski definition) is 0. The standard InChI is InChI=1S/C17H13F2N5O2/c1-24-14-5-4-13(6-11(14)8-21-24)25-9-12-3-2-10(7-20-12)16-22-23-17(26-16)15(18)19/h2-8,15H,9H2,1H3. The Labute approximate surface area is 146 Å². The number of benzene rings is 1. The number of halogens is 2. The smallest absolute Gasteiger partial charge is 0.314 e. The molecule has 0 radical (unpaired) electrons. The third kappa shape index (κ3) is 3.10. The Bertz CT molecular complexity index is 1040. The first-order valence-electron chi connectivity index (χ1n) is 7.71. The van der Waals surface area contributed by atoms with Gasteiger partial charge in [0.05, 0.1) is 23.0 Å². The van der Waals surface area contributed by atoms with Crippen LogP contribution in [0.5, 0.6) is 5.75 Å². The molecule has 7 nitrogen and oxygen atoms in total. The highest BCUT2D eigenvalue weighted by molar-refractivity contribution is 5.80. The average Bonchev–Trinajstić information content (AvgIpc) is 3.28. The maximum atomic E-state index is 12.5. The molecule has 0 amide bonds. The molecule has 0 aliphatic rings. The van der Waals surface area contributed by atoms with Crippen molar-refractivity contribution in [3.05, 3.63) is 54.3 Å². The van der Waals surface area contributed by atoms with Gasteiger partial charge in [0.15, 0.2) is 0 Å². The molecule has 26 heavy (non-hydrogen) atoms. The summed E-state index contributed by atoms with van der Waals surface area (Å²) in [5, 5.41) is 12.1. The molecule has 9 heteroatoms. The van der Waals surface area contributed by atoms with Gasteiger partial charge in [-0.1, -0.05) is 0 Å². The monoisotopic (exact) mass is 357 g/mol. The van der Waals surface area contributed by atoms with Gasteiger partial charge in [0, 0.05) is 18.6 Å². The van der Waals surface area contributed by atoms with E-state index in [0.717, 1.165) is 10.9 Å². The summed E-state index contributed by atoms with van der Waals surface area (Å²) in [7, 11) is 1.88. The normalized spacial score (nSPS) is 11.4. The molecule has 4 rings (SSSR count). The molecule has 3 heterocycles. The van der Waals surface area contributed by atoms with E-state index in [2.05, 4.69) is 20.3 Å². The van der Waals surface area contributed by atoms with Crippen LogP contribution in [0, 0.1) is 0 Å². The number of fused-ring (bicyclic) bond motifs is 1. The van der Waals surface area contributed by atoms with E-state index in [1.54, 1.807) is 23.0 Å². The van der Waals surface area contributed by atoms with Gasteiger partial charge in [-0.3, -0.25) is 9.67 Å². The van der Waals surface area contributed by atoms with E-state index in [9.17, 15) is 8.78 Å². The van der Waals surface area contributed by atoms with Crippen LogP contribution in [0.1, 0.15) is 18.0 Å². The van der Waals surface area contributed by atoms with Crippen molar-refractivity contribution in [3.8, 4) is 17.2 Å². The zero-order valence-corrected chi connectivity index (χ0v) is 13.6. The Hall–Kier alpha value is -3.36. The minimum absolute atomic E-state index is 0.00213. The predicted octanol–water partition coefficient (Wildman–Crippen LogP) is 3.53. The lowest BCUT2D eigenvalue weighted by Gasteiger charge is -2.06. The fourth-order valence-corrected chi connectivity index (χ4v) is 2.46. The van der Waals surface area contributed by atoms with Crippen molar-refractivity contribution in [1.82, 2.24) is 25.0 Å². The summed E-state index contributed by atoms with van der Waals surface area (Å²) in [6.45, 7) is 0.262. The van der Waals surface area contributed by atoms with Crippen LogP contribution in [0.3, 0.4) is 0 Å². The lowest BCUT2D eigenvalue weighted by molar-refractivity contribution is 0.116. The molecule has 0 aliphatic carbocycles. The van der Waals surface area contributed by atoms with E-state index in [4.69, 9.17) is 9.15 Å². The highest BCUT2D eigenvalue weighted by Crippen LogP contribution is 2.23. The molecule has 0 saturated heterocycles. The first kappa shape index (κ1) is 16.1. The summed E-state index contributed by atoms with van der Waals surface area (Å²) < 4.78 is 37.4. The van der Waals surface area contributed by atoms with Crippen LogP contribution in [-0.4, -0.2) is 25.0 Å². The van der Waals surface area contributed by atoms with Crippen LogP contribution in [-0.2, 0) is 13.7 Å². The Morgan fingerprint density at radius 3 is 2.77 bits per heavy atom. The third-order valence-corrected chi connectivity index (χ3v) is 3.80. The van der Waals surface area contributed by atoms with Crippen LogP contribution >= 0.6 is 0 Å². The van der Waals surface area contributed by atoms with Gasteiger partial charge in [-0.25, -0.2) is 0 Å². The first-order valence-corrected chi connectivity index (χ1v) is 7.71. The Morgan fingerprint density at radius 1 is 1.15 bits per heavy atom. The van der Waals surface area contributed by atoms with Crippen LogP contribution in [0.2, 0.25) is 0 Å². The summed E-state index contributed by atoms with van der Waals surface area (Å²) in [6.07, 6.45) is 0.452. The molecular formula is C17H13F2N5O2. The van der Waals surface area contributed by atoms with E-state index in [1.807, 2.05) is 25.2 Å². The highest BCUT2D eigenvalue weighted by atomic mass is 19.3. The Kier molecular flexibility index (Phi) is 4.04. The number of pyridine rings is 1. The summed E-state index contributed by atoms with van der Waals surface area (Å²) in [5.41, 5.74) is 2.15. The average molecular weight is 357 g/mol. The second kappa shape index (κ2) is 6.51. The number of alkyl halides is 2. The van der Waals surface area contributed by atoms with Crippen LogP contribution in [0.15, 0.2) is 47.1 Å². The minimum Gasteiger partial charge on any atom is -0.487 e. The summed E-state index contributed by atoms with van der Waals surface area (Å²) in [6, 6.07) is 9.08. The fraction of sp³-hybridized carbons (Fsp3) is 0.176. The van der Waals surface area contributed by atoms with Crippen LogP contribution in [0.4, 0.5) is 8.78 Å². The van der Waals surface area contributed by atoms with Crippen molar-refractivity contribution in [2.45, 2.75) is 13.0 Å². The fourth-order valence-electron chi connectivity index (χ4n) is 2.46. The second-order valence-electron chi connectivity index (χ2n) is 5.56. The molecule has 4 aromatic rings. The number of hydrogen-bond acceptors (Lipinski definition) is 6. The first-order chi connectivity index (χ1) is 12.6. The summed E-state index contributed by atoms with van der Waals surface area (Å²) in [5.74, 6) is -0.00430. The molecule has 0 unspecified atom stereocenters. The third-order valence-electron chi connectivity index (χ3n) is 3.80. The van der Waals surface area contributed by atoms with Gasteiger partial charge in [-0.2, -0.15) is 13.9 Å². The van der Waals surface area contributed by atoms with Crippen molar-refractivity contribution >= 4 is 10.9 Å². The van der Waals surface area contributed by atoms with Gasteiger partial charge >= 0.3 is 6.43 Å². The number of aromatic nitrogens is 5. The van der Waals surface area contributed by atoms with Crippen molar-refractivity contribution in [3.63, 3.8) is 0 Å². The SMILES string of the molecule is Cn1ncc2cc(OCc3ccc(-c4nnc(C(F)F)o4)cn3)ccc21. The van der Waals surface area contributed by atoms with Gasteiger partial charge in [0.2, 0.25) is 5.89 Å². The van der Waals surface area contributed by atoms with Crippen molar-refractivity contribution < 1.29 is 17.9 Å². The van der Waals surface area contributed by atoms with E-state index >= 15 is 0 Å². The predicted molar refractivity (Wildman–Crippen MR) is 87.5 cm³/mol. The molecule has 3 aromatic heterocycles. The molecule has 0 N–H and O–H groups in total. The maximum absolute atomic E-state index is 12.5. The number of nitrogens with zero attached hydrogens (tertiary/aromatic N) is 5. The Morgan fingerprint density at radius 2 is 2.04 bits per heavy atom. The van der Waals surface area contributed by atoms with Gasteiger partial charge < -0.3 is 9.15 Å². The molecule has 132 valence electrons. The molecule has 0 saturated carbocycles. The maximum Gasteiger partial charge on any atom is 0.314 e. The molecule has 0 spiro atoms. The van der Waals surface area contributed by atoms with Gasteiger partial charge in [-0.05, 0) is 30.3 Å². The molecule has 0 aliphatic heterocycles. The summed E-state index contributed by atoms with van der Waals surface area (Å²) in [4.78, 5) is 4.23. The largest absolute Gasteiger partial charge is 0.487 e. The summed E-state index contributed by atoms with van der Waals surface area (Å²) >= 11 is 0. The number of aryl methyl sites for hydroxylation is 1. The molecule has 0 bridgehead atoms. The van der Waals surface area contributed by atoms with Crippen LogP contribution in [0.25, 0.3) is 22.4 Å². The number of ether oxygens (including phenoxy) is 1. The zero-order valence-electron chi connectivity index (χ0n) is 13.6. The quantitative estimate of drug-likeness (QED) is 0.544. The van der Waals surface area contributed by atoms with Gasteiger partial charge in [0.25, 0.3) is 5.89 Å². The topological polar surface area (TPSA) is 78.9 Å². The van der Waals surface area contributed by atoms with Crippen molar-refractivity contribution in [2.75, 3.05) is 0 Å². The molecule has 0 fully saturated rings. The molecule has 0 atom stereocenters. The lowest BCUT2D eigenvalue weighted by atomic mass is 10.2. The molecular weight excluding hydrogens is 344 g/mol. The van der Waals surface area contributed by atoms with Crippen molar-refractivity contribution in [2.24, 2.45) is 7.05 Å². The van der Waals surface area contributed by atoms with E-state index in [-0.39, 0.29) is 12.5 Å². The lowest BCUT2D eigenvalue weighted by Crippen LogP contribution is -1.98. The van der Waals surface area contributed by atoms with Crippen molar-refractivity contribution in [1.29, 1.82) is 0 Å². The van der Waals surface area contributed by atoms with E-state index in [0.29, 0.717) is 17.0 Å². The minimum atomic E-state index is -2.80. The Balaban J connectivity index is 1.44. The van der Waals surface area contributed by atoms with Gasteiger partial charge in [0.1, 0.15) is 12.4 Å². The van der Waals surface area contributed by atoms with Crippen LogP contribution < -0.4 is 4.74 Å². The second-order valence-corrected chi connectivity index (χ2v) is 5.56. The highest BCUT2D eigenvalue weighted by Gasteiger charge is 2.17. The zero-order chi connectivity index (χ0) is 18.1.